The van der Waals surface area contributed by atoms with Crippen molar-refractivity contribution in [3.05, 3.63) is 87.9 Å². The van der Waals surface area contributed by atoms with Crippen LogP contribution < -0.4 is 0 Å². The van der Waals surface area contributed by atoms with E-state index in [1.807, 2.05) is 24.3 Å². The molecule has 21 heavy (non-hydrogen) atoms. The molecule has 1 N–H and O–H groups in total. The van der Waals surface area contributed by atoms with E-state index in [1.165, 1.54) is 6.08 Å². The van der Waals surface area contributed by atoms with Crippen LogP contribution in [0.4, 0.5) is 0 Å². The maximum atomic E-state index is 10.6. The molecule has 106 valence electrons. The largest absolute Gasteiger partial charge is 0.478 e. The first-order valence-corrected chi connectivity index (χ1v) is 6.95. The van der Waals surface area contributed by atoms with Crippen LogP contribution in [0.1, 0.15) is 11.1 Å². The highest BCUT2D eigenvalue weighted by molar-refractivity contribution is 6.31. The van der Waals surface area contributed by atoms with Gasteiger partial charge in [-0.2, -0.15) is 0 Å². The van der Waals surface area contributed by atoms with Gasteiger partial charge in [-0.25, -0.2) is 4.79 Å². The van der Waals surface area contributed by atoms with Crippen LogP contribution >= 0.6 is 23.2 Å². The Morgan fingerprint density at radius 3 is 1.67 bits per heavy atom. The number of hydrogen-bond donors (Lipinski definition) is 1. The number of benzene rings is 2. The standard InChI is InChI=1S/C17H12Cl2O2/c18-14-8-4-12(5-9-14)16(2-1-3-17(20)21)13-6-10-15(19)11-7-13/h1-11H,(H,20,21)/b3-1+. The molecule has 0 fully saturated rings. The summed E-state index contributed by atoms with van der Waals surface area (Å²) in [5.41, 5.74) is 2.77. The number of carboxylic acids is 1. The molecule has 0 amide bonds. The van der Waals surface area contributed by atoms with Gasteiger partial charge in [-0.15, -0.1) is 0 Å². The summed E-state index contributed by atoms with van der Waals surface area (Å²) in [4.78, 5) is 10.6. The lowest BCUT2D eigenvalue weighted by Crippen LogP contribution is -1.89. The zero-order valence-corrected chi connectivity index (χ0v) is 12.5. The maximum Gasteiger partial charge on any atom is 0.328 e. The second-order valence-corrected chi connectivity index (χ2v) is 5.16. The maximum absolute atomic E-state index is 10.6. The van der Waals surface area contributed by atoms with Gasteiger partial charge in [0, 0.05) is 16.1 Å². The Morgan fingerprint density at radius 2 is 1.29 bits per heavy atom. The predicted molar refractivity (Wildman–Crippen MR) is 86.8 cm³/mol. The van der Waals surface area contributed by atoms with E-state index in [-0.39, 0.29) is 0 Å². The highest BCUT2D eigenvalue weighted by Crippen LogP contribution is 2.26. The highest BCUT2D eigenvalue weighted by Gasteiger charge is 2.04. The van der Waals surface area contributed by atoms with Crippen LogP contribution in [0, 0.1) is 0 Å². The first kappa shape index (κ1) is 15.4. The Kier molecular flexibility index (Phi) is 5.20. The molecule has 2 aromatic carbocycles. The minimum atomic E-state index is -0.988. The summed E-state index contributed by atoms with van der Waals surface area (Å²) >= 11 is 11.8. The smallest absolute Gasteiger partial charge is 0.328 e. The quantitative estimate of drug-likeness (QED) is 0.631. The van der Waals surface area contributed by atoms with Crippen LogP contribution in [0.5, 0.6) is 0 Å². The van der Waals surface area contributed by atoms with Crippen LogP contribution in [-0.4, -0.2) is 11.1 Å². The summed E-state index contributed by atoms with van der Waals surface area (Å²) in [5.74, 6) is -0.988. The van der Waals surface area contributed by atoms with Crippen molar-refractivity contribution in [3.8, 4) is 0 Å². The zero-order chi connectivity index (χ0) is 15.2. The van der Waals surface area contributed by atoms with E-state index in [4.69, 9.17) is 28.3 Å². The Hall–Kier alpha value is -2.03. The van der Waals surface area contributed by atoms with Crippen LogP contribution in [0.25, 0.3) is 5.57 Å². The summed E-state index contributed by atoms with van der Waals surface area (Å²) in [7, 11) is 0. The second kappa shape index (κ2) is 7.11. The van der Waals surface area contributed by atoms with Gasteiger partial charge in [0.15, 0.2) is 0 Å². The van der Waals surface area contributed by atoms with Crippen LogP contribution in [-0.2, 0) is 4.79 Å². The van der Waals surface area contributed by atoms with E-state index in [0.29, 0.717) is 10.0 Å². The average Bonchev–Trinajstić information content (AvgIpc) is 2.46. The summed E-state index contributed by atoms with van der Waals surface area (Å²) in [6.45, 7) is 0. The van der Waals surface area contributed by atoms with Gasteiger partial charge in [0.05, 0.1) is 0 Å². The van der Waals surface area contributed by atoms with Crippen molar-refractivity contribution in [1.29, 1.82) is 0 Å². The monoisotopic (exact) mass is 318 g/mol. The Morgan fingerprint density at radius 1 is 0.857 bits per heavy atom. The Labute approximate surface area is 132 Å². The molecule has 0 radical (unpaired) electrons. The lowest BCUT2D eigenvalue weighted by atomic mass is 9.97. The van der Waals surface area contributed by atoms with Gasteiger partial charge in [0.2, 0.25) is 0 Å². The van der Waals surface area contributed by atoms with Crippen LogP contribution in [0.2, 0.25) is 10.0 Å². The molecule has 0 aliphatic heterocycles. The molecule has 0 spiro atoms. The molecular weight excluding hydrogens is 307 g/mol. The zero-order valence-electron chi connectivity index (χ0n) is 11.0. The Balaban J connectivity index is 2.45. The van der Waals surface area contributed by atoms with E-state index in [2.05, 4.69) is 0 Å². The minimum Gasteiger partial charge on any atom is -0.478 e. The number of allylic oxidation sites excluding steroid dienone is 2. The molecule has 0 saturated heterocycles. The minimum absolute atomic E-state index is 0.648. The molecular formula is C17H12Cl2O2. The lowest BCUT2D eigenvalue weighted by molar-refractivity contribution is -0.131. The molecule has 2 aromatic rings. The van der Waals surface area contributed by atoms with Crippen LogP contribution in [0.15, 0.2) is 66.8 Å². The van der Waals surface area contributed by atoms with Crippen molar-refractivity contribution in [2.75, 3.05) is 0 Å². The molecule has 0 atom stereocenters. The van der Waals surface area contributed by atoms with Gasteiger partial charge in [0.1, 0.15) is 0 Å². The third-order valence-electron chi connectivity index (χ3n) is 2.81. The second-order valence-electron chi connectivity index (χ2n) is 4.29. The first-order chi connectivity index (χ1) is 10.1. The molecule has 0 heterocycles. The highest BCUT2D eigenvalue weighted by atomic mass is 35.5. The average molecular weight is 319 g/mol. The molecule has 4 heteroatoms. The summed E-state index contributed by atoms with van der Waals surface area (Å²) in [5, 5.41) is 9.99. The van der Waals surface area contributed by atoms with E-state index in [0.717, 1.165) is 22.8 Å². The molecule has 0 aliphatic rings. The van der Waals surface area contributed by atoms with Crippen molar-refractivity contribution in [3.63, 3.8) is 0 Å². The fourth-order valence-corrected chi connectivity index (χ4v) is 2.10. The van der Waals surface area contributed by atoms with Gasteiger partial charge in [-0.3, -0.25) is 0 Å². The predicted octanol–water partition coefficient (Wildman–Crippen LogP) is 5.07. The van der Waals surface area contributed by atoms with Crippen LogP contribution in [0.3, 0.4) is 0 Å². The van der Waals surface area contributed by atoms with Gasteiger partial charge in [0.25, 0.3) is 0 Å². The third-order valence-corrected chi connectivity index (χ3v) is 3.32. The Bertz CT molecular complexity index is 636. The fourth-order valence-electron chi connectivity index (χ4n) is 1.84. The van der Waals surface area contributed by atoms with Gasteiger partial charge >= 0.3 is 5.97 Å². The van der Waals surface area contributed by atoms with E-state index in [1.54, 1.807) is 30.3 Å². The van der Waals surface area contributed by atoms with Crippen molar-refractivity contribution in [2.24, 2.45) is 0 Å². The van der Waals surface area contributed by atoms with Gasteiger partial charge in [-0.05, 0) is 41.0 Å². The summed E-state index contributed by atoms with van der Waals surface area (Å²) in [6, 6.07) is 14.7. The van der Waals surface area contributed by atoms with E-state index in [9.17, 15) is 4.79 Å². The van der Waals surface area contributed by atoms with Gasteiger partial charge < -0.3 is 5.11 Å². The first-order valence-electron chi connectivity index (χ1n) is 6.19. The fraction of sp³-hybridized carbons (Fsp3) is 0. The SMILES string of the molecule is O=C(O)/C=C/C=C(c1ccc(Cl)cc1)c1ccc(Cl)cc1. The van der Waals surface area contributed by atoms with E-state index >= 15 is 0 Å². The normalized spacial score (nSPS) is 10.6. The number of aliphatic carboxylic acids is 1. The summed E-state index contributed by atoms with van der Waals surface area (Å²) < 4.78 is 0. The molecule has 2 nitrogen and oxygen atoms in total. The number of rotatable bonds is 4. The number of halogens is 2. The topological polar surface area (TPSA) is 37.3 Å². The number of hydrogen-bond acceptors (Lipinski definition) is 1. The van der Waals surface area contributed by atoms with Crippen molar-refractivity contribution < 1.29 is 9.90 Å². The summed E-state index contributed by atoms with van der Waals surface area (Å²) in [6.07, 6.45) is 4.34. The third kappa shape index (κ3) is 4.48. The number of carboxylic acid groups (broad SMARTS) is 1. The molecule has 0 saturated carbocycles. The van der Waals surface area contributed by atoms with Crippen molar-refractivity contribution >= 4 is 34.7 Å². The van der Waals surface area contributed by atoms with Crippen molar-refractivity contribution in [2.45, 2.75) is 0 Å². The molecule has 0 unspecified atom stereocenters. The molecule has 0 aromatic heterocycles. The van der Waals surface area contributed by atoms with Crippen molar-refractivity contribution in [1.82, 2.24) is 0 Å². The lowest BCUT2D eigenvalue weighted by Gasteiger charge is -2.08. The number of carbonyl (C=O) groups is 1. The van der Waals surface area contributed by atoms with E-state index < -0.39 is 5.97 Å². The van der Waals surface area contributed by atoms with Gasteiger partial charge in [-0.1, -0.05) is 59.6 Å². The molecule has 0 bridgehead atoms. The molecule has 0 aliphatic carbocycles. The molecule has 2 rings (SSSR count).